The van der Waals surface area contributed by atoms with E-state index in [9.17, 15) is 29.7 Å². The molecular formula is C29H26ClN3O6. The number of aromatic nitrogens is 2. The van der Waals surface area contributed by atoms with Crippen molar-refractivity contribution in [1.82, 2.24) is 15.1 Å². The van der Waals surface area contributed by atoms with Crippen molar-refractivity contribution in [3.05, 3.63) is 112 Å². The summed E-state index contributed by atoms with van der Waals surface area (Å²) < 4.78 is 1.19. The highest BCUT2D eigenvalue weighted by atomic mass is 35.5. The number of carbonyl (C=O) groups is 3. The van der Waals surface area contributed by atoms with Gasteiger partial charge in [0.05, 0.1) is 6.54 Å². The van der Waals surface area contributed by atoms with Gasteiger partial charge in [0.25, 0.3) is 5.91 Å². The average molecular weight is 548 g/mol. The third kappa shape index (κ3) is 7.31. The molecule has 1 heterocycles. The first-order valence-corrected chi connectivity index (χ1v) is 12.5. The van der Waals surface area contributed by atoms with E-state index in [-0.39, 0.29) is 30.8 Å². The lowest BCUT2D eigenvalue weighted by Gasteiger charge is -2.20. The lowest BCUT2D eigenvalue weighted by Crippen LogP contribution is -2.40. The molecule has 0 spiro atoms. The van der Waals surface area contributed by atoms with Crippen molar-refractivity contribution < 1.29 is 29.7 Å². The van der Waals surface area contributed by atoms with E-state index in [0.29, 0.717) is 10.6 Å². The van der Waals surface area contributed by atoms with Gasteiger partial charge in [0.1, 0.15) is 5.69 Å². The first kappa shape index (κ1) is 27.6. The molecule has 1 amide bonds. The third-order valence-corrected chi connectivity index (χ3v) is 6.36. The summed E-state index contributed by atoms with van der Waals surface area (Å²) in [4.78, 5) is 36.2. The van der Waals surface area contributed by atoms with Crippen molar-refractivity contribution in [3.8, 4) is 11.1 Å². The summed E-state index contributed by atoms with van der Waals surface area (Å²) in [5.41, 5.74) is 3.20. The summed E-state index contributed by atoms with van der Waals surface area (Å²) in [6.45, 7) is 0.0738. The molecule has 4 aromatic rings. The highest BCUT2D eigenvalue weighted by molar-refractivity contribution is 6.30. The van der Waals surface area contributed by atoms with Gasteiger partial charge in [0.2, 0.25) is 0 Å². The second-order valence-electron chi connectivity index (χ2n) is 9.03. The van der Waals surface area contributed by atoms with E-state index in [0.717, 1.165) is 22.8 Å². The van der Waals surface area contributed by atoms with Crippen LogP contribution in [0.4, 0.5) is 0 Å². The predicted molar refractivity (Wildman–Crippen MR) is 145 cm³/mol. The molecule has 10 heteroatoms. The Labute approximate surface area is 229 Å². The Balaban J connectivity index is 1.53. The van der Waals surface area contributed by atoms with Crippen molar-refractivity contribution in [1.29, 1.82) is 0 Å². The quantitative estimate of drug-likeness (QED) is 0.221. The molecule has 0 fully saturated rings. The number of nitrogens with one attached hydrogen (secondary N) is 1. The Kier molecular flexibility index (Phi) is 8.75. The molecule has 0 aliphatic rings. The van der Waals surface area contributed by atoms with Gasteiger partial charge in [-0.15, -0.1) is 0 Å². The zero-order valence-electron chi connectivity index (χ0n) is 20.7. The minimum Gasteiger partial charge on any atom is -0.479 e. The molecule has 1 aromatic heterocycles. The number of rotatable bonds is 11. The summed E-state index contributed by atoms with van der Waals surface area (Å²) in [5, 5.41) is 36.2. The van der Waals surface area contributed by atoms with Gasteiger partial charge in [-0.25, -0.2) is 9.59 Å². The van der Waals surface area contributed by atoms with E-state index in [1.165, 1.54) is 4.68 Å². The maximum absolute atomic E-state index is 13.1. The second kappa shape index (κ2) is 12.4. The molecule has 2 atom stereocenters. The minimum atomic E-state index is -1.70. The van der Waals surface area contributed by atoms with Crippen molar-refractivity contribution >= 4 is 29.4 Å². The van der Waals surface area contributed by atoms with E-state index >= 15 is 0 Å². The monoisotopic (exact) mass is 547 g/mol. The smallest absolute Gasteiger partial charge is 0.354 e. The number of aliphatic hydroxyl groups excluding tert-OH is 1. The Hall–Kier alpha value is -4.47. The highest BCUT2D eigenvalue weighted by Crippen LogP contribution is 2.21. The summed E-state index contributed by atoms with van der Waals surface area (Å²) in [5.74, 6) is -3.36. The molecule has 1 unspecified atom stereocenters. The van der Waals surface area contributed by atoms with E-state index in [1.807, 2.05) is 54.6 Å². The highest BCUT2D eigenvalue weighted by Gasteiger charge is 2.25. The lowest BCUT2D eigenvalue weighted by molar-refractivity contribution is -0.147. The average Bonchev–Trinajstić information content (AvgIpc) is 3.34. The number of aromatic carboxylic acids is 1. The second-order valence-corrected chi connectivity index (χ2v) is 9.47. The van der Waals surface area contributed by atoms with E-state index in [4.69, 9.17) is 11.6 Å². The summed E-state index contributed by atoms with van der Waals surface area (Å²) >= 11 is 6.02. The van der Waals surface area contributed by atoms with Gasteiger partial charge >= 0.3 is 11.9 Å². The summed E-state index contributed by atoms with van der Waals surface area (Å²) in [7, 11) is 0. The number of aliphatic carboxylic acids is 1. The van der Waals surface area contributed by atoms with Crippen LogP contribution in [-0.2, 0) is 17.8 Å². The zero-order chi connectivity index (χ0) is 27.9. The number of nitrogens with zero attached hydrogens (tertiary/aromatic N) is 2. The van der Waals surface area contributed by atoms with Crippen LogP contribution in [0.15, 0.2) is 84.9 Å². The van der Waals surface area contributed by atoms with Gasteiger partial charge in [-0.05, 0) is 40.8 Å². The molecule has 200 valence electrons. The molecule has 0 radical (unpaired) electrons. The van der Waals surface area contributed by atoms with E-state index in [2.05, 4.69) is 10.4 Å². The zero-order valence-corrected chi connectivity index (χ0v) is 21.5. The predicted octanol–water partition coefficient (Wildman–Crippen LogP) is 4.13. The minimum absolute atomic E-state index is 0.0738. The van der Waals surface area contributed by atoms with Crippen LogP contribution in [0.3, 0.4) is 0 Å². The molecular weight excluding hydrogens is 522 g/mol. The number of carboxylic acid groups (broad SMARTS) is 2. The van der Waals surface area contributed by atoms with Gasteiger partial charge < -0.3 is 20.6 Å². The lowest BCUT2D eigenvalue weighted by atomic mass is 9.97. The van der Waals surface area contributed by atoms with Gasteiger partial charge in [0, 0.05) is 23.6 Å². The van der Waals surface area contributed by atoms with Crippen molar-refractivity contribution in [2.45, 2.75) is 31.5 Å². The molecule has 3 aromatic carbocycles. The number of carbonyl (C=O) groups excluding carboxylic acids is 1. The Morgan fingerprint density at radius 1 is 0.872 bits per heavy atom. The Morgan fingerprint density at radius 2 is 1.56 bits per heavy atom. The largest absolute Gasteiger partial charge is 0.479 e. The first-order valence-electron chi connectivity index (χ1n) is 12.1. The van der Waals surface area contributed by atoms with Crippen LogP contribution in [0.25, 0.3) is 11.1 Å². The number of halogens is 1. The fourth-order valence-electron chi connectivity index (χ4n) is 4.20. The van der Waals surface area contributed by atoms with Gasteiger partial charge in [-0.2, -0.15) is 5.10 Å². The molecule has 0 aliphatic heterocycles. The summed E-state index contributed by atoms with van der Waals surface area (Å²) in [6, 6.07) is 24.6. The Bertz CT molecular complexity index is 1470. The molecule has 0 saturated carbocycles. The number of hydrogen-bond donors (Lipinski definition) is 4. The number of benzene rings is 3. The van der Waals surface area contributed by atoms with Crippen LogP contribution in [0, 0.1) is 0 Å². The normalized spacial score (nSPS) is 12.5. The maximum atomic E-state index is 13.1. The fourth-order valence-corrected chi connectivity index (χ4v) is 4.41. The molecule has 9 nitrogen and oxygen atoms in total. The maximum Gasteiger partial charge on any atom is 0.354 e. The topological polar surface area (TPSA) is 142 Å². The molecule has 0 bridgehead atoms. The molecule has 0 aliphatic carbocycles. The van der Waals surface area contributed by atoms with Gasteiger partial charge in [-0.3, -0.25) is 9.48 Å². The van der Waals surface area contributed by atoms with Crippen molar-refractivity contribution in [2.24, 2.45) is 0 Å². The van der Waals surface area contributed by atoms with Crippen LogP contribution in [-0.4, -0.2) is 55.1 Å². The fraction of sp³-hybridized carbons (Fsp3) is 0.172. The van der Waals surface area contributed by atoms with Gasteiger partial charge in [0.15, 0.2) is 11.8 Å². The molecule has 4 N–H and O–H groups in total. The van der Waals surface area contributed by atoms with E-state index < -0.39 is 30.0 Å². The van der Waals surface area contributed by atoms with Gasteiger partial charge in [-0.1, -0.05) is 78.3 Å². The Morgan fingerprint density at radius 3 is 2.21 bits per heavy atom. The number of hydrogen-bond acceptors (Lipinski definition) is 5. The van der Waals surface area contributed by atoms with E-state index in [1.54, 1.807) is 24.3 Å². The number of carboxylic acids is 2. The van der Waals surface area contributed by atoms with Crippen LogP contribution in [0.1, 0.15) is 38.5 Å². The van der Waals surface area contributed by atoms with Crippen LogP contribution < -0.4 is 5.32 Å². The summed E-state index contributed by atoms with van der Waals surface area (Å²) in [6.07, 6.45) is -1.72. The molecule has 39 heavy (non-hydrogen) atoms. The molecule has 0 saturated heterocycles. The third-order valence-electron chi connectivity index (χ3n) is 6.12. The van der Waals surface area contributed by atoms with Crippen LogP contribution >= 0.6 is 11.6 Å². The van der Waals surface area contributed by atoms with Crippen LogP contribution in [0.5, 0.6) is 0 Å². The van der Waals surface area contributed by atoms with Crippen LogP contribution in [0.2, 0.25) is 5.02 Å². The first-order chi connectivity index (χ1) is 18.7. The number of aliphatic hydroxyl groups is 1. The SMILES string of the molecule is O=C(NC(Cc1ccc(-c2ccccc2)cc1)C[C@@H](O)C(=O)O)c1cc(C(=O)O)n(Cc2cccc(Cl)c2)n1. The molecule has 4 rings (SSSR count). The number of amides is 1. The van der Waals surface area contributed by atoms with Crippen molar-refractivity contribution in [3.63, 3.8) is 0 Å². The van der Waals surface area contributed by atoms with Crippen molar-refractivity contribution in [2.75, 3.05) is 0 Å². The standard InChI is InChI=1S/C29H26ClN3O6/c30-22-8-4-5-19(13-22)17-33-25(28(36)37)16-24(32-33)27(35)31-23(15-26(34)29(38)39)14-18-9-11-21(12-10-18)20-6-2-1-3-7-20/h1-13,16,23,26,34H,14-15,17H2,(H,31,35)(H,36,37)(H,38,39)/t23?,26-/m1/s1.